The van der Waals surface area contributed by atoms with Crippen molar-refractivity contribution >= 4 is 11.8 Å². The van der Waals surface area contributed by atoms with Crippen molar-refractivity contribution in [3.8, 4) is 5.75 Å². The highest BCUT2D eigenvalue weighted by Crippen LogP contribution is 2.46. The first-order chi connectivity index (χ1) is 15.6. The van der Waals surface area contributed by atoms with Crippen LogP contribution in [0.15, 0.2) is 24.3 Å². The van der Waals surface area contributed by atoms with Gasteiger partial charge < -0.3 is 24.0 Å². The van der Waals surface area contributed by atoms with Crippen LogP contribution in [0.25, 0.3) is 0 Å². The molecular weight excluding hydrogens is 408 g/mol. The minimum Gasteiger partial charge on any atom is -0.497 e. The summed E-state index contributed by atoms with van der Waals surface area (Å²) >= 11 is 0. The third-order valence-electron chi connectivity index (χ3n) is 7.66. The van der Waals surface area contributed by atoms with Gasteiger partial charge in [-0.25, -0.2) is 0 Å². The fraction of sp³-hybridized carbons (Fsp3) is 0.680. The molecule has 0 N–H and O–H groups in total. The minimum absolute atomic E-state index is 0.137. The number of hydrogen-bond acceptors (Lipinski definition) is 5. The van der Waals surface area contributed by atoms with Gasteiger partial charge in [-0.2, -0.15) is 0 Å². The number of benzene rings is 1. The van der Waals surface area contributed by atoms with Crippen molar-refractivity contribution in [1.29, 1.82) is 0 Å². The maximum atomic E-state index is 13.2. The molecule has 1 saturated carbocycles. The van der Waals surface area contributed by atoms with Gasteiger partial charge in [-0.1, -0.05) is 12.1 Å². The average molecular weight is 443 g/mol. The predicted molar refractivity (Wildman–Crippen MR) is 118 cm³/mol. The van der Waals surface area contributed by atoms with Crippen molar-refractivity contribution in [3.05, 3.63) is 29.8 Å². The monoisotopic (exact) mass is 442 g/mol. The second-order valence-corrected chi connectivity index (χ2v) is 9.72. The van der Waals surface area contributed by atoms with E-state index >= 15 is 0 Å². The Hall–Kier alpha value is -2.12. The zero-order chi connectivity index (χ0) is 22.1. The van der Waals surface area contributed by atoms with Gasteiger partial charge in [0, 0.05) is 32.3 Å². The van der Waals surface area contributed by atoms with Gasteiger partial charge in [0.15, 0.2) is 6.10 Å². The number of carbonyl (C=O) groups excluding carboxylic acids is 2. The molecule has 1 atom stereocenters. The highest BCUT2D eigenvalue weighted by molar-refractivity contribution is 5.91. The van der Waals surface area contributed by atoms with Crippen molar-refractivity contribution in [2.75, 3.05) is 40.0 Å². The van der Waals surface area contributed by atoms with Gasteiger partial charge in [-0.05, 0) is 62.1 Å². The molecule has 1 aromatic rings. The number of carbonyl (C=O) groups is 2. The zero-order valence-corrected chi connectivity index (χ0v) is 19.0. The quantitative estimate of drug-likeness (QED) is 0.607. The van der Waals surface area contributed by atoms with Crippen LogP contribution in [-0.2, 0) is 25.5 Å². The number of methoxy groups -OCH3 is 1. The Labute approximate surface area is 190 Å². The maximum absolute atomic E-state index is 13.2. The van der Waals surface area contributed by atoms with Gasteiger partial charge in [-0.3, -0.25) is 9.59 Å². The van der Waals surface area contributed by atoms with Crippen molar-refractivity contribution in [2.24, 2.45) is 5.92 Å². The van der Waals surface area contributed by atoms with Crippen LogP contribution in [-0.4, -0.2) is 79.3 Å². The lowest BCUT2D eigenvalue weighted by molar-refractivity contribution is -0.219. The van der Waals surface area contributed by atoms with Gasteiger partial charge in [0.05, 0.1) is 25.7 Å². The molecule has 4 aliphatic rings. The Morgan fingerprint density at radius 2 is 1.91 bits per heavy atom. The van der Waals surface area contributed by atoms with E-state index in [-0.39, 0.29) is 29.5 Å². The molecule has 1 unspecified atom stereocenters. The molecule has 32 heavy (non-hydrogen) atoms. The molecular formula is C25H34N2O5. The Bertz CT molecular complexity index is 840. The smallest absolute Gasteiger partial charge is 0.254 e. The van der Waals surface area contributed by atoms with Crippen LogP contribution in [0.2, 0.25) is 0 Å². The largest absolute Gasteiger partial charge is 0.497 e. The summed E-state index contributed by atoms with van der Waals surface area (Å²) in [5.41, 5.74) is 0.757. The lowest BCUT2D eigenvalue weighted by Gasteiger charge is -2.62. The van der Waals surface area contributed by atoms with Gasteiger partial charge in [0.25, 0.3) is 5.91 Å². The molecule has 2 amide bonds. The molecule has 7 heteroatoms. The Morgan fingerprint density at radius 3 is 2.59 bits per heavy atom. The molecule has 1 aliphatic carbocycles. The van der Waals surface area contributed by atoms with Crippen LogP contribution >= 0.6 is 0 Å². The summed E-state index contributed by atoms with van der Waals surface area (Å²) in [6, 6.07) is 7.86. The highest BCUT2D eigenvalue weighted by atomic mass is 16.5. The molecule has 5 rings (SSSR count). The molecule has 4 fully saturated rings. The molecule has 174 valence electrons. The van der Waals surface area contributed by atoms with Crippen LogP contribution in [0.5, 0.6) is 5.75 Å². The summed E-state index contributed by atoms with van der Waals surface area (Å²) in [5, 5.41) is 0. The van der Waals surface area contributed by atoms with Gasteiger partial charge in [0.1, 0.15) is 5.75 Å². The maximum Gasteiger partial charge on any atom is 0.254 e. The summed E-state index contributed by atoms with van der Waals surface area (Å²) in [6.45, 7) is 3.47. The number of hydrogen-bond donors (Lipinski definition) is 0. The second kappa shape index (κ2) is 9.02. The molecule has 3 aliphatic heterocycles. The summed E-state index contributed by atoms with van der Waals surface area (Å²) in [7, 11) is 1.63. The normalized spacial score (nSPS) is 25.7. The first-order valence-electron chi connectivity index (χ1n) is 12.0. The molecule has 0 radical (unpaired) electrons. The van der Waals surface area contributed by atoms with E-state index in [0.29, 0.717) is 45.2 Å². The van der Waals surface area contributed by atoms with Crippen LogP contribution < -0.4 is 4.74 Å². The standard InChI is InChI=1S/C25H34N2O5/c1-30-21-4-2-3-19(15-21)16-22(28)26-11-7-20(8-12-26)27-24(29)23(32-17-18-5-6-18)25(27)9-13-31-14-10-25/h2-4,15,18,20,23H,5-14,16-17H2,1H3. The molecule has 1 aromatic carbocycles. The number of nitrogens with zero attached hydrogens (tertiary/aromatic N) is 2. The first kappa shape index (κ1) is 21.7. The average Bonchev–Trinajstić information content (AvgIpc) is 3.65. The highest BCUT2D eigenvalue weighted by Gasteiger charge is 2.63. The van der Waals surface area contributed by atoms with E-state index in [0.717, 1.165) is 37.0 Å². The zero-order valence-electron chi connectivity index (χ0n) is 19.0. The summed E-state index contributed by atoms with van der Waals surface area (Å²) in [4.78, 5) is 30.1. The fourth-order valence-electron chi connectivity index (χ4n) is 5.59. The van der Waals surface area contributed by atoms with Crippen molar-refractivity contribution < 1.29 is 23.8 Å². The van der Waals surface area contributed by atoms with Crippen molar-refractivity contribution in [1.82, 2.24) is 9.80 Å². The molecule has 3 heterocycles. The molecule has 0 aromatic heterocycles. The third-order valence-corrected chi connectivity index (χ3v) is 7.66. The third kappa shape index (κ3) is 4.13. The van der Waals surface area contributed by atoms with E-state index in [2.05, 4.69) is 4.90 Å². The summed E-state index contributed by atoms with van der Waals surface area (Å²) in [6.07, 6.45) is 5.88. The summed E-state index contributed by atoms with van der Waals surface area (Å²) in [5.74, 6) is 1.70. The Balaban J connectivity index is 1.19. The predicted octanol–water partition coefficient (Wildman–Crippen LogP) is 2.42. The van der Waals surface area contributed by atoms with Crippen molar-refractivity contribution in [2.45, 2.75) is 62.6 Å². The lowest BCUT2D eigenvalue weighted by atomic mass is 9.72. The number of β-lactam (4-membered cyclic amide) rings is 1. The Kier molecular flexibility index (Phi) is 6.12. The number of likely N-dealkylation sites (tertiary alicyclic amines) is 2. The van der Waals surface area contributed by atoms with E-state index in [1.165, 1.54) is 12.8 Å². The molecule has 1 spiro atoms. The van der Waals surface area contributed by atoms with Crippen LogP contribution in [0.3, 0.4) is 0 Å². The second-order valence-electron chi connectivity index (χ2n) is 9.72. The first-order valence-corrected chi connectivity index (χ1v) is 12.0. The minimum atomic E-state index is -0.306. The van der Waals surface area contributed by atoms with E-state index in [4.69, 9.17) is 14.2 Å². The molecule has 0 bridgehead atoms. The van der Waals surface area contributed by atoms with E-state index in [1.807, 2.05) is 29.2 Å². The van der Waals surface area contributed by atoms with Gasteiger partial charge in [0.2, 0.25) is 5.91 Å². The van der Waals surface area contributed by atoms with E-state index in [1.54, 1.807) is 7.11 Å². The summed E-state index contributed by atoms with van der Waals surface area (Å²) < 4.78 is 17.0. The fourth-order valence-corrected chi connectivity index (χ4v) is 5.59. The number of amides is 2. The topological polar surface area (TPSA) is 68.3 Å². The molecule has 7 nitrogen and oxygen atoms in total. The molecule has 3 saturated heterocycles. The van der Waals surface area contributed by atoms with E-state index in [9.17, 15) is 9.59 Å². The van der Waals surface area contributed by atoms with Gasteiger partial charge in [-0.15, -0.1) is 0 Å². The number of piperidine rings is 1. The van der Waals surface area contributed by atoms with E-state index < -0.39 is 0 Å². The number of rotatable bonds is 7. The Morgan fingerprint density at radius 1 is 1.16 bits per heavy atom. The lowest BCUT2D eigenvalue weighted by Crippen LogP contribution is -2.79. The van der Waals surface area contributed by atoms with Gasteiger partial charge >= 0.3 is 0 Å². The van der Waals surface area contributed by atoms with Crippen LogP contribution in [0.4, 0.5) is 0 Å². The van der Waals surface area contributed by atoms with Crippen LogP contribution in [0, 0.1) is 5.92 Å². The number of ether oxygens (including phenoxy) is 3. The van der Waals surface area contributed by atoms with Crippen LogP contribution in [0.1, 0.15) is 44.1 Å². The SMILES string of the molecule is COc1cccc(CC(=O)N2CCC(N3C(=O)C(OCC4CC4)C34CCOCC4)CC2)c1. The van der Waals surface area contributed by atoms with Crippen molar-refractivity contribution in [3.63, 3.8) is 0 Å².